The molecule has 5 nitrogen and oxygen atoms in total. The average Bonchev–Trinajstić information content (AvgIpc) is 2.78. The summed E-state index contributed by atoms with van der Waals surface area (Å²) >= 11 is 0. The van der Waals surface area contributed by atoms with Crippen molar-refractivity contribution in [3.63, 3.8) is 0 Å². The number of hydrogen-bond acceptors (Lipinski definition) is 3. The first-order chi connectivity index (χ1) is 9.49. The molecule has 0 radical (unpaired) electrons. The van der Waals surface area contributed by atoms with Gasteiger partial charge in [-0.2, -0.15) is 5.10 Å². The van der Waals surface area contributed by atoms with Gasteiger partial charge in [0, 0.05) is 19.7 Å². The Morgan fingerprint density at radius 3 is 2.70 bits per heavy atom. The van der Waals surface area contributed by atoms with Crippen LogP contribution < -0.4 is 5.32 Å². The molecule has 0 aliphatic carbocycles. The van der Waals surface area contributed by atoms with Crippen LogP contribution in [0, 0.1) is 11.8 Å². The fourth-order valence-corrected chi connectivity index (χ4v) is 2.16. The van der Waals surface area contributed by atoms with Crippen molar-refractivity contribution in [1.82, 2.24) is 15.1 Å². The minimum atomic E-state index is -0.0679. The van der Waals surface area contributed by atoms with Crippen LogP contribution in [0.3, 0.4) is 0 Å². The van der Waals surface area contributed by atoms with Gasteiger partial charge in [-0.1, -0.05) is 27.7 Å². The molecule has 0 saturated heterocycles. The van der Waals surface area contributed by atoms with E-state index >= 15 is 0 Å². The Morgan fingerprint density at radius 2 is 2.15 bits per heavy atom. The van der Waals surface area contributed by atoms with Gasteiger partial charge < -0.3 is 10.4 Å². The third-order valence-corrected chi connectivity index (χ3v) is 3.30. The molecule has 114 valence electrons. The maximum atomic E-state index is 12.2. The lowest BCUT2D eigenvalue weighted by molar-refractivity contribution is 0.0944. The zero-order valence-corrected chi connectivity index (χ0v) is 13.0. The Kier molecular flexibility index (Phi) is 6.71. The third kappa shape index (κ3) is 4.63. The predicted octanol–water partition coefficient (Wildman–Crippen LogP) is 1.85. The van der Waals surface area contributed by atoms with Crippen molar-refractivity contribution in [2.75, 3.05) is 13.2 Å². The van der Waals surface area contributed by atoms with Crippen molar-refractivity contribution in [2.45, 2.75) is 47.1 Å². The standard InChI is InChI=1S/C15H27N3O2/c1-5-14-13(9-17-18(14)10-11(2)3)15(20)16-8-12(4)6-7-19/h9,11-12,19H,5-8,10H2,1-4H3,(H,16,20). The number of nitrogens with zero attached hydrogens (tertiary/aromatic N) is 2. The van der Waals surface area contributed by atoms with Gasteiger partial charge in [0.1, 0.15) is 0 Å². The van der Waals surface area contributed by atoms with E-state index in [0.29, 0.717) is 24.4 Å². The average molecular weight is 281 g/mol. The summed E-state index contributed by atoms with van der Waals surface area (Å²) in [6, 6.07) is 0. The molecule has 1 aromatic rings. The molecule has 1 atom stereocenters. The summed E-state index contributed by atoms with van der Waals surface area (Å²) in [5, 5.41) is 16.1. The molecule has 0 spiro atoms. The van der Waals surface area contributed by atoms with Gasteiger partial charge in [-0.25, -0.2) is 0 Å². The number of aromatic nitrogens is 2. The van der Waals surface area contributed by atoms with E-state index in [2.05, 4.69) is 24.3 Å². The van der Waals surface area contributed by atoms with Gasteiger partial charge in [0.25, 0.3) is 5.91 Å². The van der Waals surface area contributed by atoms with Crippen LogP contribution in [0.2, 0.25) is 0 Å². The van der Waals surface area contributed by atoms with Crippen molar-refractivity contribution in [3.05, 3.63) is 17.5 Å². The Hall–Kier alpha value is -1.36. The molecular formula is C15H27N3O2. The van der Waals surface area contributed by atoms with Gasteiger partial charge in [-0.3, -0.25) is 9.48 Å². The number of aliphatic hydroxyl groups excluding tert-OH is 1. The molecule has 0 aliphatic heterocycles. The van der Waals surface area contributed by atoms with Crippen LogP contribution in [0.4, 0.5) is 0 Å². The Bertz CT molecular complexity index is 427. The van der Waals surface area contributed by atoms with Crippen LogP contribution in [-0.2, 0) is 13.0 Å². The largest absolute Gasteiger partial charge is 0.396 e. The van der Waals surface area contributed by atoms with E-state index in [1.165, 1.54) is 0 Å². The van der Waals surface area contributed by atoms with E-state index in [0.717, 1.165) is 18.7 Å². The minimum Gasteiger partial charge on any atom is -0.396 e. The van der Waals surface area contributed by atoms with E-state index in [1.807, 2.05) is 18.5 Å². The summed E-state index contributed by atoms with van der Waals surface area (Å²) in [5.41, 5.74) is 1.66. The van der Waals surface area contributed by atoms with E-state index in [4.69, 9.17) is 5.11 Å². The SMILES string of the molecule is CCc1c(C(=O)NCC(C)CCO)cnn1CC(C)C. The maximum Gasteiger partial charge on any atom is 0.254 e. The van der Waals surface area contributed by atoms with Crippen molar-refractivity contribution in [1.29, 1.82) is 0 Å². The van der Waals surface area contributed by atoms with Crippen LogP contribution in [-0.4, -0.2) is 33.9 Å². The van der Waals surface area contributed by atoms with Crippen molar-refractivity contribution >= 4 is 5.91 Å². The van der Waals surface area contributed by atoms with Gasteiger partial charge in [0.15, 0.2) is 0 Å². The van der Waals surface area contributed by atoms with Gasteiger partial charge in [-0.15, -0.1) is 0 Å². The summed E-state index contributed by atoms with van der Waals surface area (Å²) in [5.74, 6) is 0.710. The first-order valence-electron chi connectivity index (χ1n) is 7.43. The Balaban J connectivity index is 2.70. The highest BCUT2D eigenvalue weighted by Gasteiger charge is 2.17. The molecule has 1 amide bonds. The van der Waals surface area contributed by atoms with E-state index in [1.54, 1.807) is 6.20 Å². The molecule has 20 heavy (non-hydrogen) atoms. The second-order valence-electron chi connectivity index (χ2n) is 5.76. The van der Waals surface area contributed by atoms with Crippen LogP contribution in [0.15, 0.2) is 6.20 Å². The highest BCUT2D eigenvalue weighted by atomic mass is 16.3. The third-order valence-electron chi connectivity index (χ3n) is 3.30. The molecule has 1 aromatic heterocycles. The summed E-state index contributed by atoms with van der Waals surface area (Å²) in [6.07, 6.45) is 3.16. The van der Waals surface area contributed by atoms with E-state index in [-0.39, 0.29) is 18.4 Å². The second-order valence-corrected chi connectivity index (χ2v) is 5.76. The topological polar surface area (TPSA) is 67.2 Å². The number of hydrogen-bond donors (Lipinski definition) is 2. The van der Waals surface area contributed by atoms with E-state index < -0.39 is 0 Å². The fourth-order valence-electron chi connectivity index (χ4n) is 2.16. The molecule has 0 bridgehead atoms. The normalized spacial score (nSPS) is 12.7. The number of amides is 1. The van der Waals surface area contributed by atoms with Crippen molar-refractivity contribution < 1.29 is 9.90 Å². The number of carbonyl (C=O) groups is 1. The lowest BCUT2D eigenvalue weighted by atomic mass is 10.1. The first kappa shape index (κ1) is 16.7. The molecule has 5 heteroatoms. The lowest BCUT2D eigenvalue weighted by Gasteiger charge is -2.12. The van der Waals surface area contributed by atoms with Gasteiger partial charge in [-0.05, 0) is 24.7 Å². The summed E-state index contributed by atoms with van der Waals surface area (Å²) < 4.78 is 1.93. The molecule has 1 heterocycles. The summed E-state index contributed by atoms with van der Waals surface area (Å²) in [7, 11) is 0. The number of rotatable bonds is 8. The first-order valence-corrected chi connectivity index (χ1v) is 7.43. The Labute approximate surface area is 121 Å². The number of nitrogens with one attached hydrogen (secondary N) is 1. The fraction of sp³-hybridized carbons (Fsp3) is 0.733. The zero-order chi connectivity index (χ0) is 15.1. The van der Waals surface area contributed by atoms with Gasteiger partial charge in [0.05, 0.1) is 17.5 Å². The van der Waals surface area contributed by atoms with Gasteiger partial charge in [0.2, 0.25) is 0 Å². The van der Waals surface area contributed by atoms with Crippen LogP contribution in [0.25, 0.3) is 0 Å². The summed E-state index contributed by atoms with van der Waals surface area (Å²) in [4.78, 5) is 12.2. The smallest absolute Gasteiger partial charge is 0.254 e. The highest BCUT2D eigenvalue weighted by molar-refractivity contribution is 5.95. The molecule has 2 N–H and O–H groups in total. The van der Waals surface area contributed by atoms with Gasteiger partial charge >= 0.3 is 0 Å². The minimum absolute atomic E-state index is 0.0679. The monoisotopic (exact) mass is 281 g/mol. The molecule has 1 rings (SSSR count). The molecule has 0 fully saturated rings. The highest BCUT2D eigenvalue weighted by Crippen LogP contribution is 2.12. The predicted molar refractivity (Wildman–Crippen MR) is 79.6 cm³/mol. The zero-order valence-electron chi connectivity index (χ0n) is 13.0. The Morgan fingerprint density at radius 1 is 1.45 bits per heavy atom. The van der Waals surface area contributed by atoms with E-state index in [9.17, 15) is 4.79 Å². The molecular weight excluding hydrogens is 254 g/mol. The molecule has 0 aliphatic rings. The number of aliphatic hydroxyl groups is 1. The molecule has 1 unspecified atom stereocenters. The quantitative estimate of drug-likeness (QED) is 0.764. The van der Waals surface area contributed by atoms with Crippen LogP contribution in [0.5, 0.6) is 0 Å². The lowest BCUT2D eigenvalue weighted by Crippen LogP contribution is -2.29. The van der Waals surface area contributed by atoms with Crippen LogP contribution in [0.1, 0.15) is 50.2 Å². The van der Waals surface area contributed by atoms with Crippen molar-refractivity contribution in [3.8, 4) is 0 Å². The van der Waals surface area contributed by atoms with Crippen molar-refractivity contribution in [2.24, 2.45) is 11.8 Å². The second kappa shape index (κ2) is 8.04. The molecule has 0 aromatic carbocycles. The summed E-state index contributed by atoms with van der Waals surface area (Å²) in [6.45, 7) is 9.89. The molecule has 0 saturated carbocycles. The number of carbonyl (C=O) groups excluding carboxylic acids is 1. The maximum absolute atomic E-state index is 12.2. The van der Waals surface area contributed by atoms with Crippen LogP contribution >= 0.6 is 0 Å².